The van der Waals surface area contributed by atoms with Gasteiger partial charge in [-0.15, -0.1) is 0 Å². The average molecular weight is 364 g/mol. The normalized spacial score (nSPS) is 11.7. The van der Waals surface area contributed by atoms with E-state index < -0.39 is 0 Å². The molecule has 0 fully saturated rings. The molecule has 5 nitrogen and oxygen atoms in total. The number of nitrogens with zero attached hydrogens (tertiary/aromatic N) is 3. The number of benzene rings is 1. The van der Waals surface area contributed by atoms with Gasteiger partial charge in [0.05, 0.1) is 11.4 Å². The highest BCUT2D eigenvalue weighted by Crippen LogP contribution is 2.26. The molecule has 0 aliphatic heterocycles. The molecular formula is C21H21FN4O. The van der Waals surface area contributed by atoms with Crippen LogP contribution in [-0.2, 0) is 10.2 Å². The zero-order chi connectivity index (χ0) is 19.4. The number of amides is 1. The zero-order valence-corrected chi connectivity index (χ0v) is 15.5. The minimum Gasteiger partial charge on any atom is -0.307 e. The number of anilines is 1. The van der Waals surface area contributed by atoms with Gasteiger partial charge in [-0.3, -0.25) is 9.78 Å². The first-order valence-electron chi connectivity index (χ1n) is 8.58. The van der Waals surface area contributed by atoms with E-state index in [0.29, 0.717) is 11.5 Å². The van der Waals surface area contributed by atoms with Crippen LogP contribution in [0.2, 0.25) is 0 Å². The van der Waals surface area contributed by atoms with Gasteiger partial charge in [0, 0.05) is 30.0 Å². The Hall–Kier alpha value is -3.28. The third kappa shape index (κ3) is 4.67. The Kier molecular flexibility index (Phi) is 5.16. The minimum atomic E-state index is -0.326. The summed E-state index contributed by atoms with van der Waals surface area (Å²) in [5.74, 6) is -0.0840. The van der Waals surface area contributed by atoms with Gasteiger partial charge >= 0.3 is 0 Å². The van der Waals surface area contributed by atoms with Gasteiger partial charge in [-0.25, -0.2) is 9.07 Å². The van der Waals surface area contributed by atoms with Crippen molar-refractivity contribution in [2.24, 2.45) is 0 Å². The SMILES string of the molecule is CC(C)(C)c1cc(NC(=O)/C=C/c2ccncc2)n(-c2ccc(F)cc2)n1. The van der Waals surface area contributed by atoms with Gasteiger partial charge in [-0.2, -0.15) is 5.10 Å². The summed E-state index contributed by atoms with van der Waals surface area (Å²) in [5, 5.41) is 7.45. The molecule has 0 aliphatic carbocycles. The quantitative estimate of drug-likeness (QED) is 0.700. The van der Waals surface area contributed by atoms with E-state index in [0.717, 1.165) is 11.3 Å². The van der Waals surface area contributed by atoms with Crippen molar-refractivity contribution in [2.45, 2.75) is 26.2 Å². The fourth-order valence-corrected chi connectivity index (χ4v) is 2.43. The van der Waals surface area contributed by atoms with Crippen molar-refractivity contribution in [2.75, 3.05) is 5.32 Å². The molecule has 0 unspecified atom stereocenters. The lowest BCUT2D eigenvalue weighted by molar-refractivity contribution is -0.111. The monoisotopic (exact) mass is 364 g/mol. The van der Waals surface area contributed by atoms with Crippen LogP contribution >= 0.6 is 0 Å². The molecule has 1 aromatic carbocycles. The van der Waals surface area contributed by atoms with Crippen molar-refractivity contribution < 1.29 is 9.18 Å². The van der Waals surface area contributed by atoms with Gasteiger partial charge in [-0.05, 0) is 48.0 Å². The third-order valence-electron chi connectivity index (χ3n) is 3.93. The summed E-state index contributed by atoms with van der Waals surface area (Å²) >= 11 is 0. The predicted octanol–water partition coefficient (Wildman–Crippen LogP) is 4.36. The van der Waals surface area contributed by atoms with E-state index in [-0.39, 0.29) is 17.1 Å². The van der Waals surface area contributed by atoms with Crippen molar-refractivity contribution in [1.29, 1.82) is 0 Å². The Morgan fingerprint density at radius 2 is 1.78 bits per heavy atom. The first-order chi connectivity index (χ1) is 12.8. The number of halogens is 1. The Balaban J connectivity index is 1.89. The summed E-state index contributed by atoms with van der Waals surface area (Å²) in [4.78, 5) is 16.3. The first-order valence-corrected chi connectivity index (χ1v) is 8.58. The van der Waals surface area contributed by atoms with E-state index in [1.807, 2.05) is 39.0 Å². The maximum atomic E-state index is 13.3. The Morgan fingerprint density at radius 3 is 2.41 bits per heavy atom. The molecule has 0 saturated heterocycles. The van der Waals surface area contributed by atoms with E-state index in [9.17, 15) is 9.18 Å². The molecule has 27 heavy (non-hydrogen) atoms. The topological polar surface area (TPSA) is 59.8 Å². The maximum Gasteiger partial charge on any atom is 0.249 e. The fraction of sp³-hybridized carbons (Fsp3) is 0.190. The number of carbonyl (C=O) groups excluding carboxylic acids is 1. The highest BCUT2D eigenvalue weighted by molar-refractivity contribution is 6.01. The lowest BCUT2D eigenvalue weighted by Crippen LogP contribution is -2.13. The third-order valence-corrected chi connectivity index (χ3v) is 3.93. The number of aromatic nitrogens is 3. The number of pyridine rings is 1. The van der Waals surface area contributed by atoms with Crippen LogP contribution in [0.15, 0.2) is 60.9 Å². The molecule has 0 spiro atoms. The number of hydrogen-bond acceptors (Lipinski definition) is 3. The molecule has 1 amide bonds. The van der Waals surface area contributed by atoms with Crippen molar-refractivity contribution in [3.05, 3.63) is 78.0 Å². The Bertz CT molecular complexity index is 954. The highest BCUT2D eigenvalue weighted by Gasteiger charge is 2.21. The molecule has 6 heteroatoms. The number of carbonyl (C=O) groups is 1. The molecule has 0 aliphatic rings. The van der Waals surface area contributed by atoms with Crippen LogP contribution < -0.4 is 5.32 Å². The van der Waals surface area contributed by atoms with Gasteiger partial charge in [0.25, 0.3) is 0 Å². The summed E-state index contributed by atoms with van der Waals surface area (Å²) in [5.41, 5.74) is 2.17. The maximum absolute atomic E-state index is 13.3. The second-order valence-corrected chi connectivity index (χ2v) is 7.16. The van der Waals surface area contributed by atoms with Gasteiger partial charge in [0.2, 0.25) is 5.91 Å². The predicted molar refractivity (Wildman–Crippen MR) is 104 cm³/mol. The zero-order valence-electron chi connectivity index (χ0n) is 15.5. The van der Waals surface area contributed by atoms with E-state index in [1.165, 1.54) is 18.2 Å². The molecule has 1 N–H and O–H groups in total. The van der Waals surface area contributed by atoms with Crippen molar-refractivity contribution >= 4 is 17.8 Å². The van der Waals surface area contributed by atoms with Crippen LogP contribution in [-0.4, -0.2) is 20.7 Å². The lowest BCUT2D eigenvalue weighted by atomic mass is 9.92. The molecule has 0 saturated carbocycles. The molecule has 0 bridgehead atoms. The summed E-state index contributed by atoms with van der Waals surface area (Å²) in [6.07, 6.45) is 6.49. The van der Waals surface area contributed by atoms with Gasteiger partial charge in [0.1, 0.15) is 11.6 Å². The van der Waals surface area contributed by atoms with Crippen LogP contribution in [0.4, 0.5) is 10.2 Å². The van der Waals surface area contributed by atoms with Gasteiger partial charge in [0.15, 0.2) is 0 Å². The second-order valence-electron chi connectivity index (χ2n) is 7.16. The van der Waals surface area contributed by atoms with Crippen LogP contribution in [0.1, 0.15) is 32.0 Å². The van der Waals surface area contributed by atoms with E-state index >= 15 is 0 Å². The van der Waals surface area contributed by atoms with Crippen molar-refractivity contribution in [3.63, 3.8) is 0 Å². The largest absolute Gasteiger partial charge is 0.307 e. The molecular weight excluding hydrogens is 343 g/mol. The first kappa shape index (κ1) is 18.5. The van der Waals surface area contributed by atoms with E-state index in [2.05, 4.69) is 15.4 Å². The van der Waals surface area contributed by atoms with Crippen LogP contribution in [0.25, 0.3) is 11.8 Å². The minimum absolute atomic E-state index is 0.197. The molecule has 2 aromatic heterocycles. The standard InChI is InChI=1S/C21H21FN4O/c1-21(2,3)18-14-19(26(25-18)17-7-5-16(22)6-8-17)24-20(27)9-4-15-10-12-23-13-11-15/h4-14H,1-3H3,(H,24,27)/b9-4+. The molecule has 3 aromatic rings. The smallest absolute Gasteiger partial charge is 0.249 e. The van der Waals surface area contributed by atoms with Crippen molar-refractivity contribution in [3.8, 4) is 5.69 Å². The fourth-order valence-electron chi connectivity index (χ4n) is 2.43. The molecule has 138 valence electrons. The van der Waals surface area contributed by atoms with Crippen LogP contribution in [0.3, 0.4) is 0 Å². The summed E-state index contributed by atoms with van der Waals surface area (Å²) in [7, 11) is 0. The van der Waals surface area contributed by atoms with E-state index in [1.54, 1.807) is 35.3 Å². The van der Waals surface area contributed by atoms with Crippen LogP contribution in [0, 0.1) is 5.82 Å². The Morgan fingerprint density at radius 1 is 1.11 bits per heavy atom. The number of nitrogens with one attached hydrogen (secondary N) is 1. The average Bonchev–Trinajstić information content (AvgIpc) is 3.06. The number of rotatable bonds is 4. The molecule has 0 radical (unpaired) electrons. The summed E-state index contributed by atoms with van der Waals surface area (Å²) < 4.78 is 14.9. The van der Waals surface area contributed by atoms with Gasteiger partial charge < -0.3 is 5.32 Å². The van der Waals surface area contributed by atoms with Crippen LogP contribution in [0.5, 0.6) is 0 Å². The summed E-state index contributed by atoms with van der Waals surface area (Å²) in [6, 6.07) is 11.4. The van der Waals surface area contributed by atoms with E-state index in [4.69, 9.17) is 0 Å². The lowest BCUT2D eigenvalue weighted by Gasteiger charge is -2.14. The van der Waals surface area contributed by atoms with Crippen molar-refractivity contribution in [1.82, 2.24) is 14.8 Å². The second kappa shape index (κ2) is 7.53. The number of hydrogen-bond donors (Lipinski definition) is 1. The highest BCUT2D eigenvalue weighted by atomic mass is 19.1. The van der Waals surface area contributed by atoms with Gasteiger partial charge in [-0.1, -0.05) is 20.8 Å². The molecule has 2 heterocycles. The molecule has 0 atom stereocenters. The Labute approximate surface area is 157 Å². The summed E-state index contributed by atoms with van der Waals surface area (Å²) in [6.45, 7) is 6.12. The molecule has 3 rings (SSSR count).